The van der Waals surface area contributed by atoms with E-state index in [0.29, 0.717) is 57.7 Å². The normalized spacial score (nSPS) is 14.4. The van der Waals surface area contributed by atoms with E-state index in [2.05, 4.69) is 52.8 Å². The fourth-order valence-electron chi connectivity index (χ4n) is 6.14. The Balaban J connectivity index is 1.33. The lowest BCUT2D eigenvalue weighted by Gasteiger charge is -2.32. The van der Waals surface area contributed by atoms with Crippen LogP contribution in [0.2, 0.25) is 0 Å². The average molecular weight is 586 g/mol. The molecule has 7 nitrogen and oxygen atoms in total. The number of aromatic amines is 1. The highest BCUT2D eigenvalue weighted by molar-refractivity contribution is 6.02. The van der Waals surface area contributed by atoms with Crippen molar-refractivity contribution in [2.45, 2.75) is 44.7 Å². The summed E-state index contributed by atoms with van der Waals surface area (Å²) >= 11 is 0. The van der Waals surface area contributed by atoms with Crippen LogP contribution in [0.1, 0.15) is 36.0 Å². The maximum atomic E-state index is 13.6. The number of para-hydroxylation sites is 1. The number of carbonyl (C=O) groups excluding carboxylic acids is 1. The average Bonchev–Trinajstić information content (AvgIpc) is 3.49. The van der Waals surface area contributed by atoms with Crippen molar-refractivity contribution in [2.75, 3.05) is 13.2 Å². The molecule has 7 heteroatoms. The summed E-state index contributed by atoms with van der Waals surface area (Å²) in [7, 11) is 0. The predicted octanol–water partition coefficient (Wildman–Crippen LogP) is 6.86. The Hall–Kier alpha value is -4.75. The SMILES string of the molecule is N=C(CCc1ccccc1)N(Cc1cccc2ccccc12)C(=N)[C@@H](Cc1c[nH]c2ccccc12)NC(=O)C1CCOCC1. The number of ether oxygens (including phenoxy) is 1. The number of amidine groups is 2. The van der Waals surface area contributed by atoms with Gasteiger partial charge in [-0.15, -0.1) is 0 Å². The van der Waals surface area contributed by atoms with Gasteiger partial charge in [-0.1, -0.05) is 91.0 Å². The first-order valence-electron chi connectivity index (χ1n) is 15.4. The lowest BCUT2D eigenvalue weighted by atomic mass is 9.97. The van der Waals surface area contributed by atoms with Crippen LogP contribution in [0.25, 0.3) is 21.7 Å². The molecule has 0 saturated carbocycles. The molecule has 6 rings (SSSR count). The highest BCUT2D eigenvalue weighted by atomic mass is 16.5. The second-order valence-electron chi connectivity index (χ2n) is 11.6. The van der Waals surface area contributed by atoms with Crippen molar-refractivity contribution < 1.29 is 9.53 Å². The molecule has 4 N–H and O–H groups in total. The van der Waals surface area contributed by atoms with Crippen LogP contribution >= 0.6 is 0 Å². The largest absolute Gasteiger partial charge is 0.381 e. The summed E-state index contributed by atoms with van der Waals surface area (Å²) in [4.78, 5) is 18.7. The molecule has 0 aliphatic carbocycles. The van der Waals surface area contributed by atoms with Crippen LogP contribution in [-0.2, 0) is 28.9 Å². The van der Waals surface area contributed by atoms with Crippen molar-refractivity contribution in [3.8, 4) is 0 Å². The maximum Gasteiger partial charge on any atom is 0.223 e. The molecule has 2 heterocycles. The van der Waals surface area contributed by atoms with Gasteiger partial charge < -0.3 is 19.9 Å². The molecule has 1 atom stereocenters. The van der Waals surface area contributed by atoms with E-state index in [9.17, 15) is 15.6 Å². The van der Waals surface area contributed by atoms with Crippen molar-refractivity contribution in [3.05, 3.63) is 120 Å². The molecular weight excluding hydrogens is 546 g/mol. The van der Waals surface area contributed by atoms with Crippen LogP contribution in [0.15, 0.2) is 103 Å². The number of nitrogens with one attached hydrogen (secondary N) is 4. The number of rotatable bonds is 10. The number of hydrogen-bond acceptors (Lipinski definition) is 4. The molecule has 4 aromatic carbocycles. The molecule has 44 heavy (non-hydrogen) atoms. The minimum Gasteiger partial charge on any atom is -0.381 e. The lowest BCUT2D eigenvalue weighted by Crippen LogP contribution is -2.52. The summed E-state index contributed by atoms with van der Waals surface area (Å²) in [5, 5.41) is 25.5. The summed E-state index contributed by atoms with van der Waals surface area (Å²) in [6.45, 7) is 1.51. The van der Waals surface area contributed by atoms with E-state index in [1.807, 2.05) is 60.8 Å². The molecule has 1 amide bonds. The van der Waals surface area contributed by atoms with E-state index < -0.39 is 6.04 Å². The molecule has 1 aliphatic rings. The van der Waals surface area contributed by atoms with E-state index >= 15 is 0 Å². The number of aromatic nitrogens is 1. The maximum absolute atomic E-state index is 13.6. The van der Waals surface area contributed by atoms with Gasteiger partial charge in [-0.3, -0.25) is 15.6 Å². The van der Waals surface area contributed by atoms with Gasteiger partial charge in [0.2, 0.25) is 5.91 Å². The van der Waals surface area contributed by atoms with Crippen LogP contribution in [-0.4, -0.2) is 46.7 Å². The van der Waals surface area contributed by atoms with Gasteiger partial charge in [0.15, 0.2) is 0 Å². The molecule has 1 saturated heterocycles. The predicted molar refractivity (Wildman–Crippen MR) is 177 cm³/mol. The monoisotopic (exact) mass is 585 g/mol. The molecule has 0 bridgehead atoms. The van der Waals surface area contributed by atoms with E-state index in [1.165, 1.54) is 0 Å². The van der Waals surface area contributed by atoms with Crippen LogP contribution in [0.3, 0.4) is 0 Å². The zero-order chi connectivity index (χ0) is 30.3. The van der Waals surface area contributed by atoms with Crippen molar-refractivity contribution >= 4 is 39.3 Å². The molecule has 0 spiro atoms. The van der Waals surface area contributed by atoms with Crippen molar-refractivity contribution in [2.24, 2.45) is 5.92 Å². The third kappa shape index (κ3) is 6.74. The molecule has 1 aliphatic heterocycles. The van der Waals surface area contributed by atoms with Gasteiger partial charge in [0.05, 0.1) is 12.6 Å². The number of benzene rings is 4. The number of aryl methyl sites for hydroxylation is 1. The van der Waals surface area contributed by atoms with Gasteiger partial charge in [0, 0.05) is 49.1 Å². The van der Waals surface area contributed by atoms with Gasteiger partial charge in [-0.25, -0.2) is 0 Å². The molecule has 224 valence electrons. The van der Waals surface area contributed by atoms with Gasteiger partial charge >= 0.3 is 0 Å². The fourth-order valence-corrected chi connectivity index (χ4v) is 6.14. The first-order chi connectivity index (χ1) is 21.6. The minimum atomic E-state index is -0.614. The number of amides is 1. The topological polar surface area (TPSA) is 105 Å². The first kappa shape index (κ1) is 29.3. The Morgan fingerprint density at radius 2 is 1.57 bits per heavy atom. The zero-order valence-electron chi connectivity index (χ0n) is 24.9. The molecule has 5 aromatic rings. The zero-order valence-corrected chi connectivity index (χ0v) is 24.9. The second kappa shape index (κ2) is 13.7. The van der Waals surface area contributed by atoms with E-state index in [4.69, 9.17) is 4.74 Å². The van der Waals surface area contributed by atoms with Gasteiger partial charge in [0.1, 0.15) is 11.7 Å². The van der Waals surface area contributed by atoms with Crippen LogP contribution in [0, 0.1) is 16.7 Å². The van der Waals surface area contributed by atoms with Crippen molar-refractivity contribution in [1.29, 1.82) is 10.8 Å². The Morgan fingerprint density at radius 3 is 2.39 bits per heavy atom. The molecule has 1 fully saturated rings. The Morgan fingerprint density at radius 1 is 0.864 bits per heavy atom. The Kier molecular flexibility index (Phi) is 9.13. The smallest absolute Gasteiger partial charge is 0.223 e. The minimum absolute atomic E-state index is 0.0520. The quantitative estimate of drug-likeness (QED) is 0.106. The number of carbonyl (C=O) groups is 1. The number of fused-ring (bicyclic) bond motifs is 2. The van der Waals surface area contributed by atoms with Crippen molar-refractivity contribution in [1.82, 2.24) is 15.2 Å². The number of H-pyrrole nitrogens is 1. The number of hydrogen-bond donors (Lipinski definition) is 4. The lowest BCUT2D eigenvalue weighted by molar-refractivity contribution is -0.128. The van der Waals surface area contributed by atoms with Gasteiger partial charge in [-0.05, 0) is 52.8 Å². The van der Waals surface area contributed by atoms with Gasteiger partial charge in [-0.2, -0.15) is 0 Å². The van der Waals surface area contributed by atoms with Crippen LogP contribution in [0.5, 0.6) is 0 Å². The molecule has 0 unspecified atom stereocenters. The third-order valence-electron chi connectivity index (χ3n) is 8.66. The fraction of sp³-hybridized carbons (Fsp3) is 0.270. The molecular formula is C37H39N5O2. The van der Waals surface area contributed by atoms with E-state index in [-0.39, 0.29) is 17.7 Å². The van der Waals surface area contributed by atoms with Crippen LogP contribution < -0.4 is 5.32 Å². The number of nitrogens with zero attached hydrogens (tertiary/aromatic N) is 1. The highest BCUT2D eigenvalue weighted by Gasteiger charge is 2.30. The van der Waals surface area contributed by atoms with E-state index in [1.54, 1.807) is 4.90 Å². The molecule has 1 aromatic heterocycles. The summed E-state index contributed by atoms with van der Waals surface area (Å²) < 4.78 is 5.51. The standard InChI is InChI=1S/C37H39N5O2/c38-35(18-17-26-9-2-1-3-10-26)42(25-29-13-8-12-27-11-4-5-14-31(27)29)36(39)34(41-37(43)28-19-21-44-22-20-28)23-30-24-40-33-16-7-6-15-32(30)33/h1-16,24,28,34,38-40H,17-23,25H2,(H,41,43)/t34-/m1/s1. The summed E-state index contributed by atoms with van der Waals surface area (Å²) in [6, 6.07) is 32.1. The van der Waals surface area contributed by atoms with Gasteiger partial charge in [0.25, 0.3) is 0 Å². The van der Waals surface area contributed by atoms with Crippen molar-refractivity contribution in [3.63, 3.8) is 0 Å². The Bertz CT molecular complexity index is 1750. The highest BCUT2D eigenvalue weighted by Crippen LogP contribution is 2.24. The first-order valence-corrected chi connectivity index (χ1v) is 15.4. The van der Waals surface area contributed by atoms with Crippen LogP contribution in [0.4, 0.5) is 0 Å². The summed E-state index contributed by atoms with van der Waals surface area (Å²) in [5.41, 5.74) is 4.24. The summed E-state index contributed by atoms with van der Waals surface area (Å²) in [5.74, 6) is 0.382. The Labute approximate surface area is 258 Å². The third-order valence-corrected chi connectivity index (χ3v) is 8.66. The summed E-state index contributed by atoms with van der Waals surface area (Å²) in [6.07, 6.45) is 4.93. The second-order valence-corrected chi connectivity index (χ2v) is 11.6. The van der Waals surface area contributed by atoms with E-state index in [0.717, 1.165) is 38.4 Å². The molecule has 0 radical (unpaired) electrons.